The smallest absolute Gasteiger partial charge is 0.108 e. The van der Waals surface area contributed by atoms with Crippen molar-refractivity contribution in [1.29, 1.82) is 0 Å². The summed E-state index contributed by atoms with van der Waals surface area (Å²) in [6.07, 6.45) is 5.07. The van der Waals surface area contributed by atoms with Crippen molar-refractivity contribution in [3.63, 3.8) is 0 Å². The van der Waals surface area contributed by atoms with Crippen LogP contribution in [0, 0.1) is 0 Å². The molecule has 1 atom stereocenters. The first-order valence-corrected chi connectivity index (χ1v) is 3.70. The highest BCUT2D eigenvalue weighted by molar-refractivity contribution is 5.85. The predicted molar refractivity (Wildman–Crippen MR) is 45.8 cm³/mol. The average molecular weight is 174 g/mol. The molecule has 3 heteroatoms. The fourth-order valence-corrected chi connectivity index (χ4v) is 1.52. The highest BCUT2D eigenvalue weighted by atomic mass is 35.5. The van der Waals surface area contributed by atoms with E-state index in [1.165, 1.54) is 12.0 Å². The summed E-state index contributed by atoms with van der Waals surface area (Å²) >= 11 is 0. The maximum Gasteiger partial charge on any atom is 0.108 e. The Balaban J connectivity index is 0.000000605. The van der Waals surface area contributed by atoms with Crippen molar-refractivity contribution in [3.8, 4) is 0 Å². The Morgan fingerprint density at radius 2 is 2.36 bits per heavy atom. The van der Waals surface area contributed by atoms with Gasteiger partial charge in [0.15, 0.2) is 0 Å². The van der Waals surface area contributed by atoms with Crippen LogP contribution in [0.2, 0.25) is 0 Å². The summed E-state index contributed by atoms with van der Waals surface area (Å²) in [6.45, 7) is 0. The minimum atomic E-state index is 0. The molecule has 0 saturated heterocycles. The highest BCUT2D eigenvalue weighted by Gasteiger charge is 2.18. The van der Waals surface area contributed by atoms with E-state index in [4.69, 9.17) is 10.2 Å². The van der Waals surface area contributed by atoms with Gasteiger partial charge < -0.3 is 10.2 Å². The molecule has 11 heavy (non-hydrogen) atoms. The Labute approximate surface area is 72.2 Å². The molecule has 0 saturated carbocycles. The van der Waals surface area contributed by atoms with Crippen molar-refractivity contribution in [2.75, 3.05) is 0 Å². The lowest BCUT2D eigenvalue weighted by atomic mass is 9.94. The Hall–Kier alpha value is -0.470. The first-order valence-electron chi connectivity index (χ1n) is 3.70. The quantitative estimate of drug-likeness (QED) is 0.652. The molecule has 1 aromatic heterocycles. The van der Waals surface area contributed by atoms with Crippen LogP contribution < -0.4 is 5.73 Å². The van der Waals surface area contributed by atoms with Crippen LogP contribution in [0.1, 0.15) is 30.2 Å². The van der Waals surface area contributed by atoms with Gasteiger partial charge in [-0.2, -0.15) is 0 Å². The third kappa shape index (κ3) is 1.42. The lowest BCUT2D eigenvalue weighted by Crippen LogP contribution is -2.15. The molecule has 62 valence electrons. The number of aryl methyl sites for hydroxylation is 1. The van der Waals surface area contributed by atoms with Crippen molar-refractivity contribution in [3.05, 3.63) is 23.7 Å². The molecule has 1 aliphatic carbocycles. The normalized spacial score (nSPS) is 22.1. The van der Waals surface area contributed by atoms with E-state index in [9.17, 15) is 0 Å². The molecule has 2 nitrogen and oxygen atoms in total. The van der Waals surface area contributed by atoms with Crippen molar-refractivity contribution in [2.45, 2.75) is 25.3 Å². The van der Waals surface area contributed by atoms with E-state index in [0.29, 0.717) is 0 Å². The van der Waals surface area contributed by atoms with Gasteiger partial charge in [0.2, 0.25) is 0 Å². The van der Waals surface area contributed by atoms with E-state index in [-0.39, 0.29) is 18.4 Å². The van der Waals surface area contributed by atoms with Gasteiger partial charge in [0.05, 0.1) is 6.26 Å². The minimum Gasteiger partial charge on any atom is -0.469 e. The molecule has 2 N–H and O–H groups in total. The highest BCUT2D eigenvalue weighted by Crippen LogP contribution is 2.27. The van der Waals surface area contributed by atoms with Crippen LogP contribution in [-0.2, 0) is 6.42 Å². The molecule has 1 aromatic rings. The Kier molecular flexibility index (Phi) is 2.58. The van der Waals surface area contributed by atoms with Gasteiger partial charge >= 0.3 is 0 Å². The van der Waals surface area contributed by atoms with E-state index in [1.54, 1.807) is 6.26 Å². The third-order valence-corrected chi connectivity index (χ3v) is 2.10. The third-order valence-electron chi connectivity index (χ3n) is 2.10. The number of halogens is 1. The summed E-state index contributed by atoms with van der Waals surface area (Å²) in [6, 6.07) is 2.21. The second-order valence-corrected chi connectivity index (χ2v) is 2.80. The predicted octanol–water partition coefficient (Wildman–Crippen LogP) is 2.04. The van der Waals surface area contributed by atoms with Gasteiger partial charge in [-0.05, 0) is 18.9 Å². The van der Waals surface area contributed by atoms with Gasteiger partial charge in [-0.15, -0.1) is 12.4 Å². The van der Waals surface area contributed by atoms with Crippen LogP contribution in [0.5, 0.6) is 0 Å². The van der Waals surface area contributed by atoms with E-state index in [2.05, 4.69) is 0 Å². The van der Waals surface area contributed by atoms with E-state index in [1.807, 2.05) is 6.07 Å². The van der Waals surface area contributed by atoms with Crippen LogP contribution in [0.15, 0.2) is 16.7 Å². The number of furan rings is 1. The number of hydrogen-bond donors (Lipinski definition) is 1. The average Bonchev–Trinajstić information content (AvgIpc) is 2.36. The maximum atomic E-state index is 5.83. The molecule has 1 unspecified atom stereocenters. The number of rotatable bonds is 0. The Morgan fingerprint density at radius 1 is 1.55 bits per heavy atom. The summed E-state index contributed by atoms with van der Waals surface area (Å²) < 4.78 is 5.25. The summed E-state index contributed by atoms with van der Waals surface area (Å²) in [5, 5.41) is 0. The van der Waals surface area contributed by atoms with Crippen LogP contribution in [0.4, 0.5) is 0 Å². The van der Waals surface area contributed by atoms with Gasteiger partial charge in [0, 0.05) is 18.0 Å². The lowest BCUT2D eigenvalue weighted by molar-refractivity contribution is 0.453. The van der Waals surface area contributed by atoms with E-state index in [0.717, 1.165) is 18.6 Å². The maximum absolute atomic E-state index is 5.83. The number of nitrogens with two attached hydrogens (primary N) is 1. The Bertz CT molecular complexity index is 234. The molecule has 0 radical (unpaired) electrons. The zero-order valence-corrected chi connectivity index (χ0v) is 7.06. The van der Waals surface area contributed by atoms with Gasteiger partial charge in [-0.25, -0.2) is 0 Å². The van der Waals surface area contributed by atoms with Gasteiger partial charge in [0.1, 0.15) is 5.76 Å². The van der Waals surface area contributed by atoms with Crippen LogP contribution in [0.25, 0.3) is 0 Å². The topological polar surface area (TPSA) is 39.2 Å². The lowest BCUT2D eigenvalue weighted by Gasteiger charge is -2.16. The second kappa shape index (κ2) is 3.28. The monoisotopic (exact) mass is 173 g/mol. The first kappa shape index (κ1) is 8.62. The molecule has 1 aliphatic rings. The van der Waals surface area contributed by atoms with Crippen LogP contribution in [0.3, 0.4) is 0 Å². The molecule has 0 spiro atoms. The van der Waals surface area contributed by atoms with Crippen LogP contribution >= 0.6 is 12.4 Å². The first-order chi connectivity index (χ1) is 4.88. The molecule has 0 fully saturated rings. The molecule has 0 aromatic carbocycles. The van der Waals surface area contributed by atoms with Crippen molar-refractivity contribution >= 4 is 12.4 Å². The van der Waals surface area contributed by atoms with E-state index < -0.39 is 0 Å². The Morgan fingerprint density at radius 3 is 3.09 bits per heavy atom. The molecule has 0 bridgehead atoms. The minimum absolute atomic E-state index is 0. The zero-order valence-electron chi connectivity index (χ0n) is 6.25. The zero-order chi connectivity index (χ0) is 6.97. The number of hydrogen-bond acceptors (Lipinski definition) is 2. The summed E-state index contributed by atoms with van der Waals surface area (Å²) in [5.41, 5.74) is 7.04. The fraction of sp³-hybridized carbons (Fsp3) is 0.500. The van der Waals surface area contributed by atoms with E-state index >= 15 is 0 Å². The van der Waals surface area contributed by atoms with Crippen molar-refractivity contribution in [2.24, 2.45) is 5.73 Å². The van der Waals surface area contributed by atoms with Crippen molar-refractivity contribution < 1.29 is 4.42 Å². The molecule has 0 amide bonds. The standard InChI is InChI=1S/C8H11NO.ClH/c9-7-2-1-3-8-6(7)4-5-10-8;/h4-5,7H,1-3,9H2;1H. The summed E-state index contributed by atoms with van der Waals surface area (Å²) in [4.78, 5) is 0. The van der Waals surface area contributed by atoms with Gasteiger partial charge in [-0.3, -0.25) is 0 Å². The van der Waals surface area contributed by atoms with Gasteiger partial charge in [0.25, 0.3) is 0 Å². The van der Waals surface area contributed by atoms with Crippen molar-refractivity contribution in [1.82, 2.24) is 0 Å². The second-order valence-electron chi connectivity index (χ2n) is 2.80. The molecule has 0 aliphatic heterocycles. The molecular weight excluding hydrogens is 162 g/mol. The number of fused-ring (bicyclic) bond motifs is 1. The molecule has 2 rings (SSSR count). The fourth-order valence-electron chi connectivity index (χ4n) is 1.52. The van der Waals surface area contributed by atoms with Crippen LogP contribution in [-0.4, -0.2) is 0 Å². The van der Waals surface area contributed by atoms with Gasteiger partial charge in [-0.1, -0.05) is 0 Å². The molecule has 1 heterocycles. The summed E-state index contributed by atoms with van der Waals surface area (Å²) in [5.74, 6) is 1.10. The summed E-state index contributed by atoms with van der Waals surface area (Å²) in [7, 11) is 0. The SMILES string of the molecule is Cl.NC1CCCc2occc21. The molecular formula is C8H12ClNO. The largest absolute Gasteiger partial charge is 0.469 e.